The zero-order chi connectivity index (χ0) is 17.5. The number of carbonyl (C=O) groups excluding carboxylic acids is 3. The van der Waals surface area contributed by atoms with E-state index in [1.54, 1.807) is 0 Å². The van der Waals surface area contributed by atoms with Crippen LogP contribution in [0.5, 0.6) is 0 Å². The lowest BCUT2D eigenvalue weighted by Gasteiger charge is -2.19. The first kappa shape index (κ1) is 18.1. The number of hydrogen-bond donors (Lipinski definition) is 2. The van der Waals surface area contributed by atoms with Gasteiger partial charge in [-0.25, -0.2) is 9.59 Å². The first-order chi connectivity index (χ1) is 11.5. The number of likely N-dealkylation sites (N-methyl/N-ethyl adjacent to an activating group) is 1. The summed E-state index contributed by atoms with van der Waals surface area (Å²) in [5.74, 6) is -0.893. The van der Waals surface area contributed by atoms with E-state index in [9.17, 15) is 14.4 Å². The van der Waals surface area contributed by atoms with Crippen LogP contribution in [0.2, 0.25) is 0 Å². The maximum Gasteiger partial charge on any atom is 0.417 e. The van der Waals surface area contributed by atoms with Gasteiger partial charge in [0, 0.05) is 7.05 Å². The molecule has 0 bridgehead atoms. The van der Waals surface area contributed by atoms with E-state index in [1.807, 2.05) is 30.3 Å². The van der Waals surface area contributed by atoms with Gasteiger partial charge in [-0.1, -0.05) is 30.3 Å². The Hall–Kier alpha value is -2.25. The first-order valence-corrected chi connectivity index (χ1v) is 7.99. The van der Waals surface area contributed by atoms with E-state index in [4.69, 9.17) is 10.5 Å². The molecule has 1 fully saturated rings. The largest absolute Gasteiger partial charge is 0.417 e. The van der Waals surface area contributed by atoms with Gasteiger partial charge in [0.05, 0.1) is 12.6 Å². The SMILES string of the molecule is CN(CC(=O)C(N)Cc1ccccc1)C(=O)OC(=O)[C@@H]1CCCN1. The number of benzene rings is 1. The number of ether oxygens (including phenoxy) is 1. The van der Waals surface area contributed by atoms with E-state index in [0.29, 0.717) is 12.8 Å². The molecule has 7 heteroatoms. The van der Waals surface area contributed by atoms with Crippen molar-refractivity contribution in [2.75, 3.05) is 20.1 Å². The lowest BCUT2D eigenvalue weighted by molar-refractivity contribution is -0.140. The molecule has 2 rings (SSSR count). The van der Waals surface area contributed by atoms with Crippen LogP contribution in [0.4, 0.5) is 4.79 Å². The molecule has 1 aromatic rings. The maximum atomic E-state index is 12.1. The zero-order valence-electron chi connectivity index (χ0n) is 13.7. The zero-order valence-corrected chi connectivity index (χ0v) is 13.7. The third-order valence-corrected chi connectivity index (χ3v) is 3.95. The van der Waals surface area contributed by atoms with Crippen molar-refractivity contribution >= 4 is 17.8 Å². The summed E-state index contributed by atoms with van der Waals surface area (Å²) in [6.45, 7) is 0.537. The third-order valence-electron chi connectivity index (χ3n) is 3.95. The second-order valence-corrected chi connectivity index (χ2v) is 5.95. The first-order valence-electron chi connectivity index (χ1n) is 7.99. The van der Waals surface area contributed by atoms with Crippen LogP contribution in [0, 0.1) is 0 Å². The number of ketones is 1. The Morgan fingerprint density at radius 3 is 2.67 bits per heavy atom. The molecule has 0 aromatic heterocycles. The molecule has 1 heterocycles. The number of nitrogens with two attached hydrogens (primary N) is 1. The Morgan fingerprint density at radius 2 is 2.04 bits per heavy atom. The van der Waals surface area contributed by atoms with Gasteiger partial charge in [0.25, 0.3) is 0 Å². The molecule has 24 heavy (non-hydrogen) atoms. The quantitative estimate of drug-likeness (QED) is 0.580. The van der Waals surface area contributed by atoms with E-state index in [-0.39, 0.29) is 12.3 Å². The van der Waals surface area contributed by atoms with Crippen molar-refractivity contribution in [3.8, 4) is 0 Å². The summed E-state index contributed by atoms with van der Waals surface area (Å²) in [4.78, 5) is 36.9. The second kappa shape index (κ2) is 8.56. The highest BCUT2D eigenvalue weighted by molar-refractivity contribution is 5.91. The Kier molecular flexibility index (Phi) is 6.45. The van der Waals surface area contributed by atoms with Crippen molar-refractivity contribution in [2.24, 2.45) is 5.73 Å². The molecule has 0 spiro atoms. The molecule has 1 aliphatic rings. The summed E-state index contributed by atoms with van der Waals surface area (Å²) in [6, 6.07) is 8.25. The summed E-state index contributed by atoms with van der Waals surface area (Å²) >= 11 is 0. The van der Waals surface area contributed by atoms with Crippen LogP contribution in [0.1, 0.15) is 18.4 Å². The van der Waals surface area contributed by atoms with Crippen LogP contribution in [-0.2, 0) is 20.7 Å². The second-order valence-electron chi connectivity index (χ2n) is 5.95. The predicted octanol–water partition coefficient (Wildman–Crippen LogP) is 0.473. The van der Waals surface area contributed by atoms with E-state index >= 15 is 0 Å². The van der Waals surface area contributed by atoms with E-state index in [1.165, 1.54) is 7.05 Å². The minimum atomic E-state index is -0.839. The molecular formula is C17H23N3O4. The topological polar surface area (TPSA) is 102 Å². The van der Waals surface area contributed by atoms with Crippen molar-refractivity contribution in [3.63, 3.8) is 0 Å². The molecule has 1 amide bonds. The van der Waals surface area contributed by atoms with Crippen LogP contribution < -0.4 is 11.1 Å². The third kappa shape index (κ3) is 5.14. The number of esters is 1. The molecule has 0 radical (unpaired) electrons. The number of hydrogen-bond acceptors (Lipinski definition) is 6. The minimum absolute atomic E-state index is 0.196. The molecule has 7 nitrogen and oxygen atoms in total. The smallest absolute Gasteiger partial charge is 0.375 e. The van der Waals surface area contributed by atoms with Crippen LogP contribution in [0.25, 0.3) is 0 Å². The summed E-state index contributed by atoms with van der Waals surface area (Å²) in [5.41, 5.74) is 6.84. The fraction of sp³-hybridized carbons (Fsp3) is 0.471. The van der Waals surface area contributed by atoms with Crippen molar-refractivity contribution in [3.05, 3.63) is 35.9 Å². The Morgan fingerprint density at radius 1 is 1.33 bits per heavy atom. The fourth-order valence-corrected chi connectivity index (χ4v) is 2.52. The molecule has 130 valence electrons. The summed E-state index contributed by atoms with van der Waals surface area (Å²) < 4.78 is 4.79. The van der Waals surface area contributed by atoms with Crippen molar-refractivity contribution in [2.45, 2.75) is 31.3 Å². The summed E-state index contributed by atoms with van der Waals surface area (Å²) in [6.07, 6.45) is 1.08. The summed E-state index contributed by atoms with van der Waals surface area (Å²) in [7, 11) is 1.41. The van der Waals surface area contributed by atoms with Gasteiger partial charge < -0.3 is 20.7 Å². The molecule has 0 saturated carbocycles. The number of rotatable bonds is 6. The molecule has 3 N–H and O–H groups in total. The average Bonchev–Trinajstić information content (AvgIpc) is 3.10. The van der Waals surface area contributed by atoms with Crippen LogP contribution in [0.3, 0.4) is 0 Å². The Bertz CT molecular complexity index is 585. The van der Waals surface area contributed by atoms with Gasteiger partial charge in [0.15, 0.2) is 5.78 Å². The van der Waals surface area contributed by atoms with E-state index in [0.717, 1.165) is 23.4 Å². The van der Waals surface area contributed by atoms with Crippen molar-refractivity contribution < 1.29 is 19.1 Å². The molecule has 1 aliphatic heterocycles. The van der Waals surface area contributed by atoms with Gasteiger partial charge in [0.2, 0.25) is 0 Å². The van der Waals surface area contributed by atoms with Gasteiger partial charge in [-0.05, 0) is 31.4 Å². The Labute approximate surface area is 141 Å². The highest BCUT2D eigenvalue weighted by atomic mass is 16.6. The monoisotopic (exact) mass is 333 g/mol. The molecular weight excluding hydrogens is 310 g/mol. The average molecular weight is 333 g/mol. The van der Waals surface area contributed by atoms with Crippen LogP contribution in [-0.4, -0.2) is 55.0 Å². The highest BCUT2D eigenvalue weighted by Gasteiger charge is 2.27. The lowest BCUT2D eigenvalue weighted by Crippen LogP contribution is -2.43. The van der Waals surface area contributed by atoms with E-state index < -0.39 is 24.1 Å². The molecule has 2 atom stereocenters. The Balaban J connectivity index is 1.79. The molecule has 1 saturated heterocycles. The van der Waals surface area contributed by atoms with Crippen molar-refractivity contribution in [1.29, 1.82) is 0 Å². The van der Waals surface area contributed by atoms with Gasteiger partial charge >= 0.3 is 12.1 Å². The number of amides is 1. The lowest BCUT2D eigenvalue weighted by atomic mass is 10.0. The molecule has 1 unspecified atom stereocenters. The molecule has 0 aliphatic carbocycles. The van der Waals surface area contributed by atoms with E-state index in [2.05, 4.69) is 5.32 Å². The fourth-order valence-electron chi connectivity index (χ4n) is 2.52. The number of Topliss-reactive ketones (excluding diaryl/α,β-unsaturated/α-hetero) is 1. The van der Waals surface area contributed by atoms with Gasteiger partial charge in [-0.3, -0.25) is 4.79 Å². The summed E-state index contributed by atoms with van der Waals surface area (Å²) in [5, 5.41) is 2.95. The minimum Gasteiger partial charge on any atom is -0.375 e. The number of nitrogens with zero attached hydrogens (tertiary/aromatic N) is 1. The maximum absolute atomic E-state index is 12.1. The molecule has 1 aromatic carbocycles. The van der Waals surface area contributed by atoms with Gasteiger partial charge in [0.1, 0.15) is 6.04 Å². The highest BCUT2D eigenvalue weighted by Crippen LogP contribution is 2.08. The van der Waals surface area contributed by atoms with Gasteiger partial charge in [-0.15, -0.1) is 0 Å². The standard InChI is InChI=1S/C17H23N3O4/c1-20(17(23)24-16(22)14-8-5-9-19-14)11-15(21)13(18)10-12-6-3-2-4-7-12/h2-4,6-7,13-14,19H,5,8-11,18H2,1H3/t13?,14-/m0/s1. The normalized spacial score (nSPS) is 18.0. The van der Waals surface area contributed by atoms with Crippen LogP contribution in [0.15, 0.2) is 30.3 Å². The predicted molar refractivity (Wildman–Crippen MR) is 88.3 cm³/mol. The van der Waals surface area contributed by atoms with Gasteiger partial charge in [-0.2, -0.15) is 0 Å². The van der Waals surface area contributed by atoms with Crippen molar-refractivity contribution in [1.82, 2.24) is 10.2 Å². The number of carbonyl (C=O) groups is 3. The number of nitrogens with one attached hydrogen (secondary N) is 1. The van der Waals surface area contributed by atoms with Crippen LogP contribution >= 0.6 is 0 Å².